The molecule has 1 amide bonds. The number of amides is 1. The number of benzene rings is 2. The maximum Gasteiger partial charge on any atom is 0.267 e. The molecule has 0 bridgehead atoms. The Hall–Kier alpha value is -2.54. The van der Waals surface area contributed by atoms with Crippen LogP contribution >= 0.6 is 0 Å². The molecule has 0 unspecified atom stereocenters. The van der Waals surface area contributed by atoms with Gasteiger partial charge in [-0.25, -0.2) is 8.42 Å². The van der Waals surface area contributed by atoms with Crippen molar-refractivity contribution in [2.45, 2.75) is 45.6 Å². The molecule has 0 spiro atoms. The van der Waals surface area contributed by atoms with E-state index in [2.05, 4.69) is 26.1 Å². The highest BCUT2D eigenvalue weighted by Gasteiger charge is 2.36. The fourth-order valence-electron chi connectivity index (χ4n) is 3.33. The number of carbonyl (C=O) groups excluding carboxylic acids is 1. The SMILES string of the molecule is CCc1ccccc1NC(=O)[C@@H]1CN(S(C)(=O)=O)c2cc(C(C)(C)C)ccc2O1. The van der Waals surface area contributed by atoms with E-state index in [0.717, 1.165) is 23.8 Å². The summed E-state index contributed by atoms with van der Waals surface area (Å²) in [6.07, 6.45) is 0.978. The molecular weight excluding hydrogens is 388 g/mol. The molecule has 0 aliphatic carbocycles. The number of ether oxygens (including phenoxy) is 1. The van der Waals surface area contributed by atoms with Gasteiger partial charge < -0.3 is 10.1 Å². The van der Waals surface area contributed by atoms with E-state index in [1.54, 1.807) is 6.07 Å². The summed E-state index contributed by atoms with van der Waals surface area (Å²) in [5.74, 6) is 0.0173. The van der Waals surface area contributed by atoms with Gasteiger partial charge in [-0.05, 0) is 41.2 Å². The second-order valence-corrected chi connectivity index (χ2v) is 10.2. The molecule has 1 aliphatic rings. The Morgan fingerprint density at radius 1 is 1.21 bits per heavy atom. The number of rotatable bonds is 4. The predicted molar refractivity (Wildman–Crippen MR) is 116 cm³/mol. The number of hydrogen-bond donors (Lipinski definition) is 1. The van der Waals surface area contributed by atoms with Crippen LogP contribution < -0.4 is 14.4 Å². The number of nitrogens with zero attached hydrogens (tertiary/aromatic N) is 1. The van der Waals surface area contributed by atoms with Crippen molar-refractivity contribution in [1.29, 1.82) is 0 Å². The molecule has 0 saturated heterocycles. The van der Waals surface area contributed by atoms with E-state index in [1.807, 2.05) is 43.3 Å². The van der Waals surface area contributed by atoms with E-state index in [9.17, 15) is 13.2 Å². The zero-order valence-corrected chi connectivity index (χ0v) is 18.3. The van der Waals surface area contributed by atoms with Gasteiger partial charge in [0.15, 0.2) is 6.10 Å². The summed E-state index contributed by atoms with van der Waals surface area (Å²) in [5, 5.41) is 2.88. The lowest BCUT2D eigenvalue weighted by Crippen LogP contribution is -2.48. The standard InChI is InChI=1S/C22H28N2O4S/c1-6-15-9-7-8-10-17(15)23-21(25)20-14-24(29(5,26)27)18-13-16(22(2,3)4)11-12-19(18)28-20/h7-13,20H,6,14H2,1-5H3,(H,23,25)/t20-/m0/s1. The summed E-state index contributed by atoms with van der Waals surface area (Å²) >= 11 is 0. The number of carbonyl (C=O) groups is 1. The summed E-state index contributed by atoms with van der Waals surface area (Å²) in [5.41, 5.74) is 3.04. The van der Waals surface area contributed by atoms with Crippen molar-refractivity contribution < 1.29 is 17.9 Å². The minimum Gasteiger partial charge on any atom is -0.476 e. The van der Waals surface area contributed by atoms with Gasteiger partial charge in [-0.1, -0.05) is 52.0 Å². The minimum atomic E-state index is -3.58. The molecule has 0 fully saturated rings. The van der Waals surface area contributed by atoms with E-state index in [4.69, 9.17) is 4.74 Å². The lowest BCUT2D eigenvalue weighted by molar-refractivity contribution is -0.122. The van der Waals surface area contributed by atoms with Crippen LogP contribution in [0.3, 0.4) is 0 Å². The fraction of sp³-hybridized carbons (Fsp3) is 0.409. The van der Waals surface area contributed by atoms with E-state index in [0.29, 0.717) is 17.1 Å². The van der Waals surface area contributed by atoms with Gasteiger partial charge in [0.05, 0.1) is 18.5 Å². The third kappa shape index (κ3) is 4.56. The van der Waals surface area contributed by atoms with E-state index >= 15 is 0 Å². The molecule has 7 heteroatoms. The van der Waals surface area contributed by atoms with Crippen LogP contribution in [0.4, 0.5) is 11.4 Å². The van der Waals surface area contributed by atoms with Crippen molar-refractivity contribution in [3.8, 4) is 5.75 Å². The summed E-state index contributed by atoms with van der Waals surface area (Å²) in [7, 11) is -3.58. The quantitative estimate of drug-likeness (QED) is 0.824. The van der Waals surface area contributed by atoms with Crippen molar-refractivity contribution in [1.82, 2.24) is 0 Å². The number of anilines is 2. The van der Waals surface area contributed by atoms with Gasteiger partial charge in [-0.15, -0.1) is 0 Å². The Morgan fingerprint density at radius 3 is 2.52 bits per heavy atom. The number of sulfonamides is 1. The molecule has 0 saturated carbocycles. The monoisotopic (exact) mass is 416 g/mol. The number of aryl methyl sites for hydroxylation is 1. The molecule has 3 rings (SSSR count). The Balaban J connectivity index is 1.93. The number of nitrogens with one attached hydrogen (secondary N) is 1. The van der Waals surface area contributed by atoms with Crippen LogP contribution in [-0.2, 0) is 26.7 Å². The summed E-state index contributed by atoms with van der Waals surface area (Å²) in [6, 6.07) is 13.0. The second kappa shape index (κ2) is 7.71. The lowest BCUT2D eigenvalue weighted by Gasteiger charge is -2.35. The van der Waals surface area contributed by atoms with Crippen LogP contribution in [-0.4, -0.2) is 33.2 Å². The highest BCUT2D eigenvalue weighted by molar-refractivity contribution is 7.92. The molecule has 2 aromatic carbocycles. The van der Waals surface area contributed by atoms with Gasteiger partial charge in [0.2, 0.25) is 10.0 Å². The third-order valence-corrected chi connectivity index (χ3v) is 6.19. The van der Waals surface area contributed by atoms with E-state index < -0.39 is 16.1 Å². The normalized spacial score (nSPS) is 16.7. The van der Waals surface area contributed by atoms with Gasteiger partial charge in [0.1, 0.15) is 5.75 Å². The largest absolute Gasteiger partial charge is 0.476 e. The number of hydrogen-bond acceptors (Lipinski definition) is 4. The van der Waals surface area contributed by atoms with Crippen molar-refractivity contribution in [2.75, 3.05) is 22.4 Å². The average Bonchev–Trinajstić information content (AvgIpc) is 2.65. The molecule has 2 aromatic rings. The molecule has 156 valence electrons. The molecule has 6 nitrogen and oxygen atoms in total. The Bertz CT molecular complexity index is 1030. The fourth-order valence-corrected chi connectivity index (χ4v) is 4.24. The van der Waals surface area contributed by atoms with E-state index in [1.165, 1.54) is 4.31 Å². The van der Waals surface area contributed by atoms with Crippen LogP contribution in [0.5, 0.6) is 5.75 Å². The zero-order valence-electron chi connectivity index (χ0n) is 17.5. The Labute approximate surface area is 172 Å². The third-order valence-electron chi connectivity index (χ3n) is 5.04. The lowest BCUT2D eigenvalue weighted by atomic mass is 9.86. The topological polar surface area (TPSA) is 75.7 Å². The molecule has 1 aliphatic heterocycles. The van der Waals surface area contributed by atoms with Crippen molar-refractivity contribution in [3.05, 3.63) is 53.6 Å². The Kier molecular flexibility index (Phi) is 5.63. The maximum absolute atomic E-state index is 12.9. The molecule has 1 N–H and O–H groups in total. The first-order valence-electron chi connectivity index (χ1n) is 9.68. The first kappa shape index (κ1) is 21.2. The first-order chi connectivity index (χ1) is 13.5. The van der Waals surface area contributed by atoms with Crippen LogP contribution in [0.1, 0.15) is 38.8 Å². The maximum atomic E-state index is 12.9. The average molecular weight is 417 g/mol. The van der Waals surface area contributed by atoms with E-state index in [-0.39, 0.29) is 17.9 Å². The molecule has 1 atom stereocenters. The molecule has 1 heterocycles. The van der Waals surface area contributed by atoms with Crippen molar-refractivity contribution in [2.24, 2.45) is 0 Å². The minimum absolute atomic E-state index is 0.0699. The summed E-state index contributed by atoms with van der Waals surface area (Å²) in [6.45, 7) is 8.12. The zero-order chi connectivity index (χ0) is 21.4. The Morgan fingerprint density at radius 2 is 1.90 bits per heavy atom. The highest BCUT2D eigenvalue weighted by Crippen LogP contribution is 2.38. The molecule has 0 aromatic heterocycles. The van der Waals surface area contributed by atoms with Crippen LogP contribution in [0, 0.1) is 0 Å². The van der Waals surface area contributed by atoms with Gasteiger partial charge in [-0.3, -0.25) is 9.10 Å². The van der Waals surface area contributed by atoms with Crippen molar-refractivity contribution >= 4 is 27.3 Å². The molecular formula is C22H28N2O4S. The summed E-state index contributed by atoms with van der Waals surface area (Å²) in [4.78, 5) is 12.9. The molecule has 0 radical (unpaired) electrons. The van der Waals surface area contributed by atoms with Crippen LogP contribution in [0.25, 0.3) is 0 Å². The van der Waals surface area contributed by atoms with Crippen LogP contribution in [0.15, 0.2) is 42.5 Å². The van der Waals surface area contributed by atoms with Gasteiger partial charge in [-0.2, -0.15) is 0 Å². The first-order valence-corrected chi connectivity index (χ1v) is 11.5. The van der Waals surface area contributed by atoms with Gasteiger partial charge in [0, 0.05) is 5.69 Å². The highest BCUT2D eigenvalue weighted by atomic mass is 32.2. The summed E-state index contributed by atoms with van der Waals surface area (Å²) < 4.78 is 32.1. The van der Waals surface area contributed by atoms with Gasteiger partial charge >= 0.3 is 0 Å². The van der Waals surface area contributed by atoms with Crippen LogP contribution in [0.2, 0.25) is 0 Å². The second-order valence-electron chi connectivity index (χ2n) is 8.33. The predicted octanol–water partition coefficient (Wildman–Crippen LogP) is 3.71. The number of fused-ring (bicyclic) bond motifs is 1. The van der Waals surface area contributed by atoms with Crippen molar-refractivity contribution in [3.63, 3.8) is 0 Å². The van der Waals surface area contributed by atoms with Gasteiger partial charge in [0.25, 0.3) is 5.91 Å². The molecule has 29 heavy (non-hydrogen) atoms. The number of para-hydroxylation sites is 1. The smallest absolute Gasteiger partial charge is 0.267 e.